The van der Waals surface area contributed by atoms with E-state index in [-0.39, 0.29) is 38.5 Å². The average molecular weight is 355 g/mol. The Balaban J connectivity index is 2.46. The third-order valence-electron chi connectivity index (χ3n) is 3.61. The van der Waals surface area contributed by atoms with Crippen molar-refractivity contribution < 1.29 is 18.3 Å². The second-order valence-electron chi connectivity index (χ2n) is 5.16. The van der Waals surface area contributed by atoms with Gasteiger partial charge in [-0.2, -0.15) is 13.2 Å². The monoisotopic (exact) mass is 354 g/mol. The second kappa shape index (κ2) is 5.45. The van der Waals surface area contributed by atoms with Crippen LogP contribution in [-0.4, -0.2) is 10.1 Å². The van der Waals surface area contributed by atoms with Gasteiger partial charge in [0.2, 0.25) is 0 Å². The van der Waals surface area contributed by atoms with Crippen LogP contribution in [0.15, 0.2) is 41.2 Å². The van der Waals surface area contributed by atoms with Crippen LogP contribution in [0.5, 0.6) is 5.75 Å². The topological polar surface area (TPSA) is 79.1 Å². The van der Waals surface area contributed by atoms with Gasteiger partial charge in [-0.15, -0.1) is 0 Å². The van der Waals surface area contributed by atoms with Crippen molar-refractivity contribution in [2.75, 3.05) is 5.73 Å². The van der Waals surface area contributed by atoms with Crippen LogP contribution in [0.3, 0.4) is 0 Å². The van der Waals surface area contributed by atoms with Crippen molar-refractivity contribution >= 4 is 28.2 Å². The second-order valence-corrected chi connectivity index (χ2v) is 5.60. The number of aromatic amines is 1. The predicted octanol–water partition coefficient (Wildman–Crippen LogP) is 4.16. The summed E-state index contributed by atoms with van der Waals surface area (Å²) in [6.45, 7) is 0. The van der Waals surface area contributed by atoms with E-state index >= 15 is 0 Å². The molecule has 0 aliphatic heterocycles. The molecule has 0 amide bonds. The fourth-order valence-electron chi connectivity index (χ4n) is 2.48. The largest absolute Gasteiger partial charge is 0.507 e. The summed E-state index contributed by atoms with van der Waals surface area (Å²) >= 11 is 5.90. The molecule has 0 radical (unpaired) electrons. The molecule has 0 aliphatic rings. The summed E-state index contributed by atoms with van der Waals surface area (Å²) < 4.78 is 39.0. The zero-order valence-corrected chi connectivity index (χ0v) is 12.7. The van der Waals surface area contributed by atoms with Crippen LogP contribution in [0.25, 0.3) is 22.0 Å². The van der Waals surface area contributed by atoms with E-state index in [2.05, 4.69) is 4.98 Å². The third-order valence-corrected chi connectivity index (χ3v) is 3.84. The molecule has 1 aromatic heterocycles. The lowest BCUT2D eigenvalue weighted by Gasteiger charge is -2.14. The number of aromatic hydroxyl groups is 1. The highest BCUT2D eigenvalue weighted by Gasteiger charge is 2.31. The molecule has 2 aromatic carbocycles. The van der Waals surface area contributed by atoms with Crippen LogP contribution in [0.1, 0.15) is 5.56 Å². The molecule has 8 heteroatoms. The Morgan fingerprint density at radius 1 is 1.12 bits per heavy atom. The van der Waals surface area contributed by atoms with Gasteiger partial charge in [0.1, 0.15) is 11.4 Å². The summed E-state index contributed by atoms with van der Waals surface area (Å²) in [5.41, 5.74) is 4.15. The van der Waals surface area contributed by atoms with E-state index in [4.69, 9.17) is 17.3 Å². The van der Waals surface area contributed by atoms with Crippen molar-refractivity contribution in [3.05, 3.63) is 57.3 Å². The number of nitrogens with one attached hydrogen (secondary N) is 1. The number of pyridine rings is 1. The third kappa shape index (κ3) is 2.67. The zero-order chi connectivity index (χ0) is 17.6. The lowest BCUT2D eigenvalue weighted by atomic mass is 9.97. The van der Waals surface area contributed by atoms with E-state index in [1.165, 1.54) is 18.2 Å². The van der Waals surface area contributed by atoms with Crippen molar-refractivity contribution in [1.29, 1.82) is 0 Å². The first-order valence-corrected chi connectivity index (χ1v) is 7.08. The highest BCUT2D eigenvalue weighted by atomic mass is 35.5. The smallest absolute Gasteiger partial charge is 0.416 e. The molecule has 4 nitrogen and oxygen atoms in total. The van der Waals surface area contributed by atoms with Gasteiger partial charge in [0, 0.05) is 27.1 Å². The van der Waals surface area contributed by atoms with Gasteiger partial charge in [-0.05, 0) is 36.4 Å². The molecular formula is C16H10ClF3N2O2. The van der Waals surface area contributed by atoms with Crippen molar-refractivity contribution in [2.24, 2.45) is 0 Å². The van der Waals surface area contributed by atoms with Gasteiger partial charge in [0.05, 0.1) is 5.56 Å². The van der Waals surface area contributed by atoms with Gasteiger partial charge in [-0.25, -0.2) is 0 Å². The Kier molecular flexibility index (Phi) is 3.68. The van der Waals surface area contributed by atoms with Gasteiger partial charge >= 0.3 is 6.18 Å². The standard InChI is InChI=1S/C16H10ClF3N2O2/c17-8-2-4-12(23)10(6-8)13-9-5-7(16(18,19)20)1-3-11(9)22-15(24)14(13)21/h1-6,23H,21H2,(H,22,24). The molecule has 0 aliphatic carbocycles. The summed E-state index contributed by atoms with van der Waals surface area (Å²) in [5, 5.41) is 10.3. The minimum Gasteiger partial charge on any atom is -0.507 e. The number of aromatic nitrogens is 1. The molecule has 0 atom stereocenters. The van der Waals surface area contributed by atoms with E-state index < -0.39 is 17.3 Å². The Hall–Kier alpha value is -2.67. The summed E-state index contributed by atoms with van der Waals surface area (Å²) in [6.07, 6.45) is -4.56. The maximum absolute atomic E-state index is 13.0. The minimum atomic E-state index is -4.56. The number of phenols is 1. The molecule has 0 fully saturated rings. The number of hydrogen-bond donors (Lipinski definition) is 3. The van der Waals surface area contributed by atoms with Crippen LogP contribution < -0.4 is 11.3 Å². The van der Waals surface area contributed by atoms with E-state index in [0.29, 0.717) is 0 Å². The maximum Gasteiger partial charge on any atom is 0.416 e. The first-order valence-electron chi connectivity index (χ1n) is 6.70. The van der Waals surface area contributed by atoms with Crippen LogP contribution in [0.2, 0.25) is 5.02 Å². The number of nitrogens with two attached hydrogens (primary N) is 1. The highest BCUT2D eigenvalue weighted by molar-refractivity contribution is 6.31. The molecule has 3 aromatic rings. The number of alkyl halides is 3. The molecule has 0 saturated heterocycles. The van der Waals surface area contributed by atoms with Gasteiger partial charge in [0.25, 0.3) is 5.56 Å². The number of halogens is 4. The van der Waals surface area contributed by atoms with Gasteiger partial charge in [-0.3, -0.25) is 4.79 Å². The molecule has 124 valence electrons. The van der Waals surface area contributed by atoms with Gasteiger partial charge < -0.3 is 15.8 Å². The average Bonchev–Trinajstić information content (AvgIpc) is 2.50. The highest BCUT2D eigenvalue weighted by Crippen LogP contribution is 2.40. The molecule has 0 bridgehead atoms. The van der Waals surface area contributed by atoms with E-state index in [1.54, 1.807) is 0 Å². The number of anilines is 1. The van der Waals surface area contributed by atoms with Gasteiger partial charge in [0.15, 0.2) is 0 Å². The quantitative estimate of drug-likeness (QED) is 0.614. The number of phenolic OH excluding ortho intramolecular Hbond substituents is 1. The van der Waals surface area contributed by atoms with Crippen LogP contribution in [0, 0.1) is 0 Å². The molecule has 0 spiro atoms. The Morgan fingerprint density at radius 3 is 2.50 bits per heavy atom. The molecular weight excluding hydrogens is 345 g/mol. The number of H-pyrrole nitrogens is 1. The Morgan fingerprint density at radius 2 is 1.83 bits per heavy atom. The Bertz CT molecular complexity index is 1010. The Labute approximate surface area is 138 Å². The van der Waals surface area contributed by atoms with E-state index in [0.717, 1.165) is 18.2 Å². The maximum atomic E-state index is 13.0. The van der Waals surface area contributed by atoms with Gasteiger partial charge in [-0.1, -0.05) is 11.6 Å². The normalized spacial score (nSPS) is 11.8. The van der Waals surface area contributed by atoms with Crippen molar-refractivity contribution in [3.8, 4) is 16.9 Å². The lowest BCUT2D eigenvalue weighted by molar-refractivity contribution is -0.137. The van der Waals surface area contributed by atoms with Crippen LogP contribution >= 0.6 is 11.6 Å². The zero-order valence-electron chi connectivity index (χ0n) is 11.9. The minimum absolute atomic E-state index is 0.000139. The van der Waals surface area contributed by atoms with E-state index in [9.17, 15) is 23.1 Å². The molecule has 0 saturated carbocycles. The number of nitrogen functional groups attached to an aromatic ring is 1. The van der Waals surface area contributed by atoms with Crippen molar-refractivity contribution in [3.63, 3.8) is 0 Å². The number of fused-ring (bicyclic) bond motifs is 1. The number of hydrogen-bond acceptors (Lipinski definition) is 3. The first kappa shape index (κ1) is 16.2. The lowest BCUT2D eigenvalue weighted by Crippen LogP contribution is -2.14. The summed E-state index contributed by atoms with van der Waals surface area (Å²) in [4.78, 5) is 14.4. The molecule has 24 heavy (non-hydrogen) atoms. The first-order chi connectivity index (χ1) is 11.2. The molecule has 4 N–H and O–H groups in total. The fourth-order valence-corrected chi connectivity index (χ4v) is 2.66. The van der Waals surface area contributed by atoms with Crippen LogP contribution in [-0.2, 0) is 6.18 Å². The summed E-state index contributed by atoms with van der Waals surface area (Å²) in [5.74, 6) is -0.254. The summed E-state index contributed by atoms with van der Waals surface area (Å²) in [7, 11) is 0. The van der Waals surface area contributed by atoms with E-state index in [1.807, 2.05) is 0 Å². The van der Waals surface area contributed by atoms with Crippen molar-refractivity contribution in [1.82, 2.24) is 4.98 Å². The number of rotatable bonds is 1. The van der Waals surface area contributed by atoms with Crippen molar-refractivity contribution in [2.45, 2.75) is 6.18 Å². The predicted molar refractivity (Wildman–Crippen MR) is 86.1 cm³/mol. The summed E-state index contributed by atoms with van der Waals surface area (Å²) in [6, 6.07) is 6.89. The van der Waals surface area contributed by atoms with Crippen LogP contribution in [0.4, 0.5) is 18.9 Å². The fraction of sp³-hybridized carbons (Fsp3) is 0.0625. The molecule has 0 unspecified atom stereocenters. The molecule has 3 rings (SSSR count). The number of benzene rings is 2. The molecule has 1 heterocycles. The SMILES string of the molecule is Nc1c(-c2cc(Cl)ccc2O)c2cc(C(F)(F)F)ccc2[nH]c1=O.